The number of piperazine rings is 1. The lowest BCUT2D eigenvalue weighted by Gasteiger charge is -2.36. The van der Waals surface area contributed by atoms with Crippen LogP contribution in [0.4, 0.5) is 5.69 Å². The van der Waals surface area contributed by atoms with Crippen molar-refractivity contribution in [2.45, 2.75) is 12.8 Å². The van der Waals surface area contributed by atoms with Gasteiger partial charge in [-0.25, -0.2) is 0 Å². The molecule has 0 bridgehead atoms. The highest BCUT2D eigenvalue weighted by Gasteiger charge is 2.17. The fraction of sp³-hybridized carbons (Fsp3) is 0.333. The summed E-state index contributed by atoms with van der Waals surface area (Å²) in [5.74, 6) is -0.522. The van der Waals surface area contributed by atoms with Crippen molar-refractivity contribution < 1.29 is 9.59 Å². The molecular weight excluding hydrogens is 411 g/mol. The average molecular weight is 435 g/mol. The second kappa shape index (κ2) is 10.5. The monoisotopic (exact) mass is 434 g/mol. The van der Waals surface area contributed by atoms with E-state index in [1.54, 1.807) is 18.2 Å². The van der Waals surface area contributed by atoms with Gasteiger partial charge in [-0.2, -0.15) is 0 Å². The molecule has 2 N–H and O–H groups in total. The third-order valence-electron chi connectivity index (χ3n) is 4.84. The van der Waals surface area contributed by atoms with Gasteiger partial charge in [0.05, 0.1) is 16.5 Å². The number of anilines is 1. The smallest absolute Gasteiger partial charge is 0.242 e. The van der Waals surface area contributed by atoms with Gasteiger partial charge in [-0.3, -0.25) is 25.3 Å². The molecule has 0 aliphatic carbocycles. The predicted octanol–water partition coefficient (Wildman–Crippen LogP) is 2.90. The Balaban J connectivity index is 1.33. The maximum atomic E-state index is 12.0. The van der Waals surface area contributed by atoms with E-state index >= 15 is 0 Å². The van der Waals surface area contributed by atoms with E-state index in [1.165, 1.54) is 5.69 Å². The first kappa shape index (κ1) is 21.4. The summed E-state index contributed by atoms with van der Waals surface area (Å²) in [7, 11) is 0. The van der Waals surface area contributed by atoms with Crippen LogP contribution in [0.25, 0.3) is 0 Å². The van der Waals surface area contributed by atoms with Crippen molar-refractivity contribution in [3.8, 4) is 0 Å². The van der Waals surface area contributed by atoms with Crippen molar-refractivity contribution in [3.05, 3.63) is 64.1 Å². The Kier molecular flexibility index (Phi) is 7.75. The van der Waals surface area contributed by atoms with E-state index in [1.807, 2.05) is 18.2 Å². The molecule has 0 atom stereocenters. The molecule has 2 amide bonds. The van der Waals surface area contributed by atoms with Crippen molar-refractivity contribution in [2.24, 2.45) is 0 Å². The van der Waals surface area contributed by atoms with Gasteiger partial charge in [0.1, 0.15) is 0 Å². The molecule has 29 heavy (non-hydrogen) atoms. The predicted molar refractivity (Wildman–Crippen MR) is 116 cm³/mol. The summed E-state index contributed by atoms with van der Waals surface area (Å²) in [6.07, 6.45) is 0.441. The highest BCUT2D eigenvalue weighted by Crippen LogP contribution is 2.22. The van der Waals surface area contributed by atoms with Crippen LogP contribution in [0.2, 0.25) is 10.0 Å². The molecule has 3 rings (SSSR count). The quantitative estimate of drug-likeness (QED) is 0.685. The molecule has 1 heterocycles. The molecule has 154 valence electrons. The van der Waals surface area contributed by atoms with Crippen LogP contribution in [0.3, 0.4) is 0 Å². The van der Waals surface area contributed by atoms with Gasteiger partial charge in [0, 0.05) is 44.8 Å². The van der Waals surface area contributed by atoms with Crippen molar-refractivity contribution in [3.63, 3.8) is 0 Å². The average Bonchev–Trinajstić information content (AvgIpc) is 2.74. The first-order chi connectivity index (χ1) is 14.0. The first-order valence-electron chi connectivity index (χ1n) is 9.55. The van der Waals surface area contributed by atoms with E-state index in [2.05, 4.69) is 32.8 Å². The van der Waals surface area contributed by atoms with E-state index in [9.17, 15) is 9.59 Å². The van der Waals surface area contributed by atoms with E-state index in [4.69, 9.17) is 23.2 Å². The molecule has 0 aromatic heterocycles. The lowest BCUT2D eigenvalue weighted by atomic mass is 10.1. The molecule has 1 aliphatic rings. The van der Waals surface area contributed by atoms with Gasteiger partial charge in [-0.05, 0) is 29.8 Å². The minimum Gasteiger partial charge on any atom is -0.369 e. The molecule has 0 saturated carbocycles. The third kappa shape index (κ3) is 6.63. The zero-order chi connectivity index (χ0) is 20.6. The van der Waals surface area contributed by atoms with Crippen LogP contribution >= 0.6 is 23.2 Å². The maximum Gasteiger partial charge on any atom is 0.242 e. The number of hydrazine groups is 1. The van der Waals surface area contributed by atoms with Crippen LogP contribution in [0.5, 0.6) is 0 Å². The number of rotatable bonds is 6. The van der Waals surface area contributed by atoms with Crippen LogP contribution in [0.1, 0.15) is 12.0 Å². The summed E-state index contributed by atoms with van der Waals surface area (Å²) in [4.78, 5) is 28.6. The number of nitrogens with one attached hydrogen (secondary N) is 2. The molecule has 2 aromatic carbocycles. The summed E-state index contributed by atoms with van der Waals surface area (Å²) in [5, 5.41) is 0.835. The Morgan fingerprint density at radius 2 is 1.55 bits per heavy atom. The summed E-state index contributed by atoms with van der Waals surface area (Å²) in [6.45, 7) is 4.35. The summed E-state index contributed by atoms with van der Waals surface area (Å²) < 4.78 is 0. The number of carbonyl (C=O) groups excluding carboxylic acids is 2. The SMILES string of the molecule is O=C(CCN1CCN(c2ccccc2)CC1)NNC(=O)Cc1ccc(Cl)c(Cl)c1. The van der Waals surface area contributed by atoms with Crippen molar-refractivity contribution in [1.29, 1.82) is 0 Å². The number of hydrogen-bond acceptors (Lipinski definition) is 4. The van der Waals surface area contributed by atoms with Crippen molar-refractivity contribution >= 4 is 40.7 Å². The molecular formula is C21H24Cl2N4O2. The summed E-state index contributed by atoms with van der Waals surface area (Å²) in [6, 6.07) is 15.3. The summed E-state index contributed by atoms with van der Waals surface area (Å²) in [5.41, 5.74) is 6.86. The molecule has 0 radical (unpaired) electrons. The standard InChI is InChI=1S/C21H24Cl2N4O2/c22-18-7-6-16(14-19(18)23)15-21(29)25-24-20(28)8-9-26-10-12-27(13-11-26)17-4-2-1-3-5-17/h1-7,14H,8-13,15H2,(H,24,28)(H,25,29). The Labute approximate surface area is 180 Å². The number of nitrogens with zero attached hydrogens (tertiary/aromatic N) is 2. The Morgan fingerprint density at radius 1 is 0.862 bits per heavy atom. The minimum atomic E-state index is -0.312. The zero-order valence-electron chi connectivity index (χ0n) is 16.0. The number of para-hydroxylation sites is 1. The van der Waals surface area contributed by atoms with E-state index in [0.717, 1.165) is 31.7 Å². The van der Waals surface area contributed by atoms with Gasteiger partial charge < -0.3 is 4.90 Å². The molecule has 1 fully saturated rings. The molecule has 2 aromatic rings. The zero-order valence-corrected chi connectivity index (χ0v) is 17.5. The molecule has 6 nitrogen and oxygen atoms in total. The number of benzene rings is 2. The highest BCUT2D eigenvalue weighted by molar-refractivity contribution is 6.42. The van der Waals surface area contributed by atoms with Crippen LogP contribution in [0, 0.1) is 0 Å². The van der Waals surface area contributed by atoms with Gasteiger partial charge in [0.2, 0.25) is 11.8 Å². The van der Waals surface area contributed by atoms with E-state index in [-0.39, 0.29) is 18.2 Å². The fourth-order valence-electron chi connectivity index (χ4n) is 3.21. The number of halogens is 2. The molecule has 0 unspecified atom stereocenters. The van der Waals surface area contributed by atoms with Crippen LogP contribution in [-0.4, -0.2) is 49.4 Å². The van der Waals surface area contributed by atoms with Crippen LogP contribution in [0.15, 0.2) is 48.5 Å². The fourth-order valence-corrected chi connectivity index (χ4v) is 3.53. The minimum absolute atomic E-state index is 0.110. The Bertz CT molecular complexity index is 840. The van der Waals surface area contributed by atoms with Crippen LogP contribution < -0.4 is 15.8 Å². The number of carbonyl (C=O) groups is 2. The lowest BCUT2D eigenvalue weighted by molar-refractivity contribution is -0.128. The molecule has 0 spiro atoms. The Morgan fingerprint density at radius 3 is 2.24 bits per heavy atom. The first-order valence-corrected chi connectivity index (χ1v) is 10.3. The Hall–Kier alpha value is -2.28. The van der Waals surface area contributed by atoms with Gasteiger partial charge in [-0.1, -0.05) is 47.5 Å². The summed E-state index contributed by atoms with van der Waals surface area (Å²) >= 11 is 11.8. The van der Waals surface area contributed by atoms with Gasteiger partial charge in [0.15, 0.2) is 0 Å². The number of amides is 2. The van der Waals surface area contributed by atoms with Gasteiger partial charge in [0.25, 0.3) is 0 Å². The molecule has 1 saturated heterocycles. The van der Waals surface area contributed by atoms with Crippen molar-refractivity contribution in [2.75, 3.05) is 37.6 Å². The number of hydrogen-bond donors (Lipinski definition) is 2. The van der Waals surface area contributed by atoms with E-state index < -0.39 is 0 Å². The highest BCUT2D eigenvalue weighted by atomic mass is 35.5. The van der Waals surface area contributed by atoms with E-state index in [0.29, 0.717) is 23.0 Å². The van der Waals surface area contributed by atoms with Gasteiger partial charge in [-0.15, -0.1) is 0 Å². The topological polar surface area (TPSA) is 64.7 Å². The van der Waals surface area contributed by atoms with Crippen molar-refractivity contribution in [1.82, 2.24) is 15.8 Å². The normalized spacial score (nSPS) is 14.5. The maximum absolute atomic E-state index is 12.0. The second-order valence-electron chi connectivity index (χ2n) is 6.94. The second-order valence-corrected chi connectivity index (χ2v) is 7.75. The molecule has 8 heteroatoms. The van der Waals surface area contributed by atoms with Gasteiger partial charge >= 0.3 is 0 Å². The molecule has 1 aliphatic heterocycles. The van der Waals surface area contributed by atoms with Crippen LogP contribution in [-0.2, 0) is 16.0 Å². The third-order valence-corrected chi connectivity index (χ3v) is 5.58. The largest absolute Gasteiger partial charge is 0.369 e. The lowest BCUT2D eigenvalue weighted by Crippen LogP contribution is -2.48.